The van der Waals surface area contributed by atoms with E-state index in [0.717, 1.165) is 72.8 Å². The first-order valence-corrected chi connectivity index (χ1v) is 12.4. The lowest BCUT2D eigenvalue weighted by Gasteiger charge is -2.37. The van der Waals surface area contributed by atoms with E-state index < -0.39 is 0 Å². The smallest absolute Gasteiger partial charge is 0.294 e. The third-order valence-electron chi connectivity index (χ3n) is 5.71. The number of carbonyl (C=O) groups excluding carboxylic acids is 2. The summed E-state index contributed by atoms with van der Waals surface area (Å²) in [5.74, 6) is 0.580. The largest absolute Gasteiger partial charge is 0.494 e. The van der Waals surface area contributed by atoms with Gasteiger partial charge >= 0.3 is 0 Å². The maximum Gasteiger partial charge on any atom is 0.294 e. The predicted octanol–water partition coefficient (Wildman–Crippen LogP) is 5.33. The first-order chi connectivity index (χ1) is 16.0. The number of hydrogen-bond donors (Lipinski definition) is 0. The van der Waals surface area contributed by atoms with Crippen LogP contribution in [0.4, 0.5) is 10.5 Å². The van der Waals surface area contributed by atoms with Crippen LogP contribution in [0.2, 0.25) is 5.02 Å². The molecule has 174 valence electrons. The molecule has 4 rings (SSSR count). The van der Waals surface area contributed by atoms with Crippen LogP contribution in [-0.2, 0) is 4.79 Å². The number of nitrogens with zero attached hydrogens (tertiary/aromatic N) is 3. The van der Waals surface area contributed by atoms with Crippen LogP contribution < -0.4 is 9.64 Å². The quantitative estimate of drug-likeness (QED) is 0.372. The lowest BCUT2D eigenvalue weighted by molar-refractivity contribution is -0.124. The van der Waals surface area contributed by atoms with Crippen molar-refractivity contribution in [2.45, 2.75) is 19.8 Å². The summed E-state index contributed by atoms with van der Waals surface area (Å²) in [6.07, 6.45) is 3.88. The molecular weight excluding hydrogens is 458 g/mol. The van der Waals surface area contributed by atoms with E-state index in [4.69, 9.17) is 16.3 Å². The number of amides is 2. The van der Waals surface area contributed by atoms with Crippen LogP contribution in [0.3, 0.4) is 0 Å². The summed E-state index contributed by atoms with van der Waals surface area (Å²) < 4.78 is 5.68. The van der Waals surface area contributed by atoms with Gasteiger partial charge in [-0.3, -0.25) is 19.4 Å². The number of anilines is 1. The Balaban J connectivity index is 1.32. The molecule has 0 atom stereocenters. The first-order valence-electron chi connectivity index (χ1n) is 11.2. The molecule has 2 aromatic rings. The number of imide groups is 1. The number of benzene rings is 2. The van der Waals surface area contributed by atoms with E-state index in [1.165, 1.54) is 4.90 Å². The second-order valence-corrected chi connectivity index (χ2v) is 9.54. The second kappa shape index (κ2) is 11.1. The summed E-state index contributed by atoms with van der Waals surface area (Å²) in [5, 5.41) is 0.501. The van der Waals surface area contributed by atoms with Crippen molar-refractivity contribution < 1.29 is 14.3 Å². The molecule has 2 aliphatic heterocycles. The molecule has 0 radical (unpaired) electrons. The molecule has 33 heavy (non-hydrogen) atoms. The van der Waals surface area contributed by atoms with Gasteiger partial charge in [-0.05, 0) is 60.2 Å². The van der Waals surface area contributed by atoms with Gasteiger partial charge in [0, 0.05) is 36.9 Å². The molecule has 8 heteroatoms. The highest BCUT2D eigenvalue weighted by Crippen LogP contribution is 2.33. The van der Waals surface area contributed by atoms with Crippen molar-refractivity contribution >= 4 is 46.3 Å². The molecular formula is C25H28ClN3O3S. The van der Waals surface area contributed by atoms with Gasteiger partial charge in [0.05, 0.1) is 18.2 Å². The Morgan fingerprint density at radius 3 is 2.52 bits per heavy atom. The molecule has 0 aromatic heterocycles. The monoisotopic (exact) mass is 485 g/mol. The Labute approximate surface area is 204 Å². The van der Waals surface area contributed by atoms with Gasteiger partial charge in [-0.1, -0.05) is 43.1 Å². The van der Waals surface area contributed by atoms with Gasteiger partial charge in [0.15, 0.2) is 0 Å². The minimum Gasteiger partial charge on any atom is -0.494 e. The van der Waals surface area contributed by atoms with Crippen LogP contribution in [0.1, 0.15) is 25.3 Å². The Kier molecular flexibility index (Phi) is 7.96. The van der Waals surface area contributed by atoms with Gasteiger partial charge in [0.2, 0.25) is 0 Å². The first kappa shape index (κ1) is 23.7. The molecule has 6 nitrogen and oxygen atoms in total. The van der Waals surface area contributed by atoms with Crippen molar-refractivity contribution in [3.63, 3.8) is 0 Å². The second-order valence-electron chi connectivity index (χ2n) is 8.11. The van der Waals surface area contributed by atoms with E-state index in [1.54, 1.807) is 6.08 Å². The van der Waals surface area contributed by atoms with Crippen molar-refractivity contribution in [3.8, 4) is 5.75 Å². The Morgan fingerprint density at radius 1 is 1.06 bits per heavy atom. The van der Waals surface area contributed by atoms with Crippen LogP contribution in [0.15, 0.2) is 53.4 Å². The molecule has 0 unspecified atom stereocenters. The van der Waals surface area contributed by atoms with Gasteiger partial charge in [-0.15, -0.1) is 0 Å². The Bertz CT molecular complexity index is 1020. The van der Waals surface area contributed by atoms with E-state index in [1.807, 2.05) is 48.5 Å². The molecule has 0 spiro atoms. The standard InChI is InChI=1S/C25H28ClN3O3S/c1-2-3-15-32-22-9-7-19(8-10-22)16-23-24(30)29(25(31)33-23)18-27-11-13-28(14-12-27)21-6-4-5-20(26)17-21/h4-10,16-17H,2-3,11-15,18H2,1H3. The Morgan fingerprint density at radius 2 is 1.82 bits per heavy atom. The summed E-state index contributed by atoms with van der Waals surface area (Å²) in [6.45, 7) is 6.32. The van der Waals surface area contributed by atoms with Crippen molar-refractivity contribution in [2.24, 2.45) is 0 Å². The lowest BCUT2D eigenvalue weighted by Crippen LogP contribution is -2.50. The van der Waals surface area contributed by atoms with Gasteiger partial charge in [-0.25, -0.2) is 0 Å². The fraction of sp³-hybridized carbons (Fsp3) is 0.360. The van der Waals surface area contributed by atoms with Crippen molar-refractivity contribution in [1.29, 1.82) is 0 Å². The number of rotatable bonds is 8. The van der Waals surface area contributed by atoms with Crippen LogP contribution in [-0.4, -0.2) is 60.4 Å². The number of thioether (sulfide) groups is 1. The predicted molar refractivity (Wildman–Crippen MR) is 135 cm³/mol. The van der Waals surface area contributed by atoms with E-state index in [-0.39, 0.29) is 11.1 Å². The molecule has 2 heterocycles. The maximum absolute atomic E-state index is 12.9. The third kappa shape index (κ3) is 6.10. The molecule has 0 N–H and O–H groups in total. The normalized spacial score (nSPS) is 18.4. The fourth-order valence-corrected chi connectivity index (χ4v) is 4.80. The summed E-state index contributed by atoms with van der Waals surface area (Å²) >= 11 is 7.11. The van der Waals surface area contributed by atoms with Crippen molar-refractivity contribution in [1.82, 2.24) is 9.80 Å². The molecule has 2 saturated heterocycles. The van der Waals surface area contributed by atoms with Gasteiger partial charge in [-0.2, -0.15) is 0 Å². The third-order valence-corrected chi connectivity index (χ3v) is 6.85. The molecule has 0 bridgehead atoms. The van der Waals surface area contributed by atoms with Crippen molar-refractivity contribution in [2.75, 3.05) is 44.4 Å². The van der Waals surface area contributed by atoms with E-state index in [0.29, 0.717) is 18.2 Å². The number of unbranched alkanes of at least 4 members (excludes halogenated alkanes) is 1. The zero-order chi connectivity index (χ0) is 23.2. The Hall–Kier alpha value is -2.48. The zero-order valence-electron chi connectivity index (χ0n) is 18.7. The van der Waals surface area contributed by atoms with E-state index in [9.17, 15) is 9.59 Å². The number of carbonyl (C=O) groups is 2. The summed E-state index contributed by atoms with van der Waals surface area (Å²) in [5.41, 5.74) is 1.97. The van der Waals surface area contributed by atoms with Gasteiger partial charge < -0.3 is 9.64 Å². The number of hydrogen-bond acceptors (Lipinski definition) is 6. The van der Waals surface area contributed by atoms with Crippen LogP contribution >= 0.6 is 23.4 Å². The van der Waals surface area contributed by atoms with Crippen LogP contribution in [0, 0.1) is 0 Å². The zero-order valence-corrected chi connectivity index (χ0v) is 20.3. The topological polar surface area (TPSA) is 53.1 Å². The number of piperazine rings is 1. The van der Waals surface area contributed by atoms with Crippen molar-refractivity contribution in [3.05, 3.63) is 64.0 Å². The molecule has 0 saturated carbocycles. The highest BCUT2D eigenvalue weighted by Gasteiger charge is 2.36. The molecule has 2 amide bonds. The summed E-state index contributed by atoms with van der Waals surface area (Å²) in [4.78, 5) is 31.6. The summed E-state index contributed by atoms with van der Waals surface area (Å²) in [6, 6.07) is 15.4. The average molecular weight is 486 g/mol. The van der Waals surface area contributed by atoms with E-state index in [2.05, 4.69) is 16.7 Å². The number of halogens is 1. The molecule has 2 aromatic carbocycles. The van der Waals surface area contributed by atoms with Crippen LogP contribution in [0.5, 0.6) is 5.75 Å². The van der Waals surface area contributed by atoms with Gasteiger partial charge in [0.25, 0.3) is 11.1 Å². The molecule has 2 fully saturated rings. The molecule has 2 aliphatic rings. The van der Waals surface area contributed by atoms with E-state index >= 15 is 0 Å². The fourth-order valence-electron chi connectivity index (χ4n) is 3.79. The summed E-state index contributed by atoms with van der Waals surface area (Å²) in [7, 11) is 0. The highest BCUT2D eigenvalue weighted by atomic mass is 35.5. The highest BCUT2D eigenvalue weighted by molar-refractivity contribution is 8.18. The minimum atomic E-state index is -0.231. The minimum absolute atomic E-state index is 0.219. The maximum atomic E-state index is 12.9. The average Bonchev–Trinajstić information content (AvgIpc) is 3.08. The van der Waals surface area contributed by atoms with Gasteiger partial charge in [0.1, 0.15) is 5.75 Å². The molecule has 0 aliphatic carbocycles. The SMILES string of the molecule is CCCCOc1ccc(C=C2SC(=O)N(CN3CCN(c4cccc(Cl)c4)CC3)C2=O)cc1. The lowest BCUT2D eigenvalue weighted by atomic mass is 10.2. The number of ether oxygens (including phenoxy) is 1. The van der Waals surface area contributed by atoms with Crippen LogP contribution in [0.25, 0.3) is 6.08 Å².